The average molecular weight is 299 g/mol. The van der Waals surface area contributed by atoms with Gasteiger partial charge in [-0.05, 0) is 13.8 Å². The van der Waals surface area contributed by atoms with E-state index in [1.54, 1.807) is 0 Å². The second kappa shape index (κ2) is 29.6. The molecule has 0 aromatic rings. The van der Waals surface area contributed by atoms with E-state index in [9.17, 15) is 0 Å². The van der Waals surface area contributed by atoms with Crippen molar-refractivity contribution in [2.75, 3.05) is 0 Å². The van der Waals surface area contributed by atoms with E-state index in [1.807, 2.05) is 0 Å². The number of carbonyl (C=O) groups is 2. The Kier molecular flexibility index (Phi) is 94.0. The Morgan fingerprint density at radius 2 is 1.08 bits per heavy atom. The van der Waals surface area contributed by atoms with Gasteiger partial charge in [-0.15, -0.1) is 0 Å². The first kappa shape index (κ1) is 38.1. The molecule has 0 heterocycles. The standard InChI is InChI=1S/2C2H4O2.Co.Li.Mn.Ni.H/c2*1-2(3)4;;;;;/h2*1H3,(H,3,4);;;;;/q;;+2;+1;;;-1/p-2. The van der Waals surface area contributed by atoms with Gasteiger partial charge in [-0.1, -0.05) is 0 Å². The molecule has 0 aromatic carbocycles. The molecule has 0 aromatic heterocycles. The molecular formula is C4H7CoLiMnNiO4. The van der Waals surface area contributed by atoms with Gasteiger partial charge in [0.2, 0.25) is 0 Å². The Morgan fingerprint density at radius 3 is 1.08 bits per heavy atom. The minimum atomic E-state index is -1.08. The van der Waals surface area contributed by atoms with E-state index < -0.39 is 11.9 Å². The van der Waals surface area contributed by atoms with Crippen molar-refractivity contribution in [3.63, 3.8) is 0 Å². The minimum absolute atomic E-state index is 0. The Hall–Kier alpha value is 1.06. The molecule has 0 spiro atoms. The van der Waals surface area contributed by atoms with E-state index in [-0.39, 0.29) is 70.6 Å². The van der Waals surface area contributed by atoms with Crippen LogP contribution in [0.3, 0.4) is 0 Å². The molecule has 4 nitrogen and oxygen atoms in total. The Balaban J connectivity index is -0.00000000800. The molecular weight excluding hydrogens is 292 g/mol. The molecule has 0 aliphatic rings. The molecule has 0 N–H and O–H groups in total. The first-order chi connectivity index (χ1) is 3.46. The van der Waals surface area contributed by atoms with Gasteiger partial charge in [0.25, 0.3) is 0 Å². The molecule has 0 saturated heterocycles. The van der Waals surface area contributed by atoms with E-state index in [1.165, 1.54) is 0 Å². The summed E-state index contributed by atoms with van der Waals surface area (Å²) in [5.41, 5.74) is 0. The monoisotopic (exact) mass is 298 g/mol. The summed E-state index contributed by atoms with van der Waals surface area (Å²) in [6.45, 7) is 1.94. The third-order valence-electron chi connectivity index (χ3n) is 0. The summed E-state index contributed by atoms with van der Waals surface area (Å²) in [6.07, 6.45) is 0. The number of hydrogen-bond acceptors (Lipinski definition) is 4. The summed E-state index contributed by atoms with van der Waals surface area (Å²) in [7, 11) is 0. The van der Waals surface area contributed by atoms with E-state index >= 15 is 0 Å². The van der Waals surface area contributed by atoms with E-state index in [4.69, 9.17) is 19.8 Å². The smallest absolute Gasteiger partial charge is 1.00 e. The van der Waals surface area contributed by atoms with E-state index in [2.05, 4.69) is 0 Å². The number of hydrogen-bond donors (Lipinski definition) is 0. The maximum atomic E-state index is 8.89. The van der Waals surface area contributed by atoms with Crippen molar-refractivity contribution in [2.24, 2.45) is 0 Å². The average Bonchev–Trinajstić information content (AvgIpc) is 1.25. The third-order valence-corrected chi connectivity index (χ3v) is 0. The normalized spacial score (nSPS) is 4.17. The molecule has 74 valence electrons. The van der Waals surface area contributed by atoms with Gasteiger partial charge < -0.3 is 21.2 Å². The zero-order valence-corrected chi connectivity index (χ0v) is 9.87. The summed E-state index contributed by atoms with van der Waals surface area (Å²) in [6, 6.07) is 0. The van der Waals surface area contributed by atoms with Crippen molar-refractivity contribution in [3.8, 4) is 0 Å². The topological polar surface area (TPSA) is 80.3 Å². The number of carboxylic acids is 2. The summed E-state index contributed by atoms with van der Waals surface area (Å²) in [5.74, 6) is -2.17. The molecule has 0 unspecified atom stereocenters. The SMILES string of the molecule is CC(=O)[O-].CC(=O)[O-].[Co+2].[H-].[Li+].[Mn].[Ni]. The molecule has 0 fully saturated rings. The maximum Gasteiger partial charge on any atom is 2.00 e. The zero-order valence-electron chi connectivity index (χ0n) is 7.66. The molecule has 12 heavy (non-hydrogen) atoms. The maximum absolute atomic E-state index is 8.89. The van der Waals surface area contributed by atoms with Gasteiger partial charge in [-0.3, -0.25) is 0 Å². The van der Waals surface area contributed by atoms with Crippen LogP contribution in [0.25, 0.3) is 0 Å². The van der Waals surface area contributed by atoms with Gasteiger partial charge in [0, 0.05) is 45.5 Å². The third kappa shape index (κ3) is 1000. The van der Waals surface area contributed by atoms with Gasteiger partial charge in [0.1, 0.15) is 0 Å². The second-order valence-electron chi connectivity index (χ2n) is 0.983. The van der Waals surface area contributed by atoms with Crippen molar-refractivity contribution in [2.45, 2.75) is 13.8 Å². The molecule has 0 saturated carbocycles. The van der Waals surface area contributed by atoms with Crippen LogP contribution in [0.5, 0.6) is 0 Å². The molecule has 0 rings (SSSR count). The minimum Gasteiger partial charge on any atom is -1.00 e. The van der Waals surface area contributed by atoms with Crippen LogP contribution < -0.4 is 29.1 Å². The van der Waals surface area contributed by atoms with Gasteiger partial charge in [-0.25, -0.2) is 0 Å². The number of carbonyl (C=O) groups excluding carboxylic acids is 2. The van der Waals surface area contributed by atoms with Gasteiger partial charge in [-0.2, -0.15) is 0 Å². The van der Waals surface area contributed by atoms with Crippen molar-refractivity contribution in [1.29, 1.82) is 0 Å². The van der Waals surface area contributed by atoms with Crippen molar-refractivity contribution < 1.29 is 90.4 Å². The molecule has 0 aliphatic carbocycles. The molecule has 0 bridgehead atoms. The fourth-order valence-corrected chi connectivity index (χ4v) is 0. The quantitative estimate of drug-likeness (QED) is 0.418. The summed E-state index contributed by atoms with van der Waals surface area (Å²) >= 11 is 0. The largest absolute Gasteiger partial charge is 2.00 e. The Morgan fingerprint density at radius 1 is 1.08 bits per heavy atom. The van der Waals surface area contributed by atoms with Crippen LogP contribution in [0.1, 0.15) is 15.3 Å². The zero-order chi connectivity index (χ0) is 7.15. The van der Waals surface area contributed by atoms with Gasteiger partial charge in [0.15, 0.2) is 0 Å². The molecule has 0 amide bonds. The van der Waals surface area contributed by atoms with Crippen LogP contribution in [-0.4, -0.2) is 11.9 Å². The van der Waals surface area contributed by atoms with E-state index in [0.717, 1.165) is 13.8 Å². The van der Waals surface area contributed by atoms with Crippen LogP contribution in [-0.2, 0) is 59.9 Å². The van der Waals surface area contributed by atoms with Crippen LogP contribution in [0.2, 0.25) is 0 Å². The van der Waals surface area contributed by atoms with Gasteiger partial charge >= 0.3 is 35.6 Å². The second-order valence-corrected chi connectivity index (χ2v) is 0.983. The van der Waals surface area contributed by atoms with Gasteiger partial charge in [0.05, 0.1) is 0 Å². The van der Waals surface area contributed by atoms with Crippen LogP contribution in [0.4, 0.5) is 0 Å². The predicted octanol–water partition coefficient (Wildman–Crippen LogP) is -5.38. The first-order valence-corrected chi connectivity index (χ1v) is 1.82. The van der Waals surface area contributed by atoms with Crippen molar-refractivity contribution >= 4 is 11.9 Å². The molecule has 2 radical (unpaired) electrons. The number of aliphatic carboxylic acids is 2. The van der Waals surface area contributed by atoms with Crippen LogP contribution >= 0.6 is 0 Å². The Bertz CT molecular complexity index is 90.1. The summed E-state index contributed by atoms with van der Waals surface area (Å²) in [4.78, 5) is 17.8. The molecule has 0 aliphatic heterocycles. The van der Waals surface area contributed by atoms with Crippen molar-refractivity contribution in [3.05, 3.63) is 0 Å². The Labute approximate surface area is 115 Å². The first-order valence-electron chi connectivity index (χ1n) is 1.82. The molecule has 0 atom stereocenters. The predicted molar refractivity (Wildman–Crippen MR) is 22.5 cm³/mol. The summed E-state index contributed by atoms with van der Waals surface area (Å²) < 4.78 is 0. The van der Waals surface area contributed by atoms with Crippen LogP contribution in [0.15, 0.2) is 0 Å². The fraction of sp³-hybridized carbons (Fsp3) is 0.500. The van der Waals surface area contributed by atoms with Crippen LogP contribution in [0, 0.1) is 0 Å². The number of rotatable bonds is 0. The summed E-state index contributed by atoms with van der Waals surface area (Å²) in [5, 5.41) is 17.8. The van der Waals surface area contributed by atoms with Crippen molar-refractivity contribution in [1.82, 2.24) is 0 Å². The number of carboxylic acid groups (broad SMARTS) is 2. The molecule has 8 heteroatoms. The van der Waals surface area contributed by atoms with E-state index in [0.29, 0.717) is 0 Å². The fourth-order valence-electron chi connectivity index (χ4n) is 0.